The topological polar surface area (TPSA) is 75.1 Å². The molecule has 1 heterocycles. The number of nitrogens with one attached hydrogen (secondary N) is 2. The van der Waals surface area contributed by atoms with Crippen LogP contribution in [0.3, 0.4) is 0 Å². The van der Waals surface area contributed by atoms with Crippen molar-refractivity contribution in [3.63, 3.8) is 0 Å². The van der Waals surface area contributed by atoms with Crippen LogP contribution in [0.5, 0.6) is 5.75 Å². The summed E-state index contributed by atoms with van der Waals surface area (Å²) in [6.45, 7) is 4.51. The molecule has 1 aromatic rings. The van der Waals surface area contributed by atoms with Crippen LogP contribution >= 0.6 is 0 Å². The lowest BCUT2D eigenvalue weighted by Crippen LogP contribution is -2.43. The van der Waals surface area contributed by atoms with Crippen molar-refractivity contribution in [3.05, 3.63) is 29.8 Å². The molecule has 0 amide bonds. The van der Waals surface area contributed by atoms with Crippen molar-refractivity contribution in [3.8, 4) is 5.75 Å². The molecular formula is C17H25F2N3O3. The molecule has 0 bridgehead atoms. The summed E-state index contributed by atoms with van der Waals surface area (Å²) in [6.07, 6.45) is 1.12. The maximum Gasteiger partial charge on any atom is 0.191 e. The molecule has 1 aromatic carbocycles. The van der Waals surface area contributed by atoms with E-state index >= 15 is 0 Å². The predicted octanol–water partition coefficient (Wildman–Crippen LogP) is 1.44. The first kappa shape index (κ1) is 19.4. The molecule has 1 saturated heterocycles. The lowest BCUT2D eigenvalue weighted by Gasteiger charge is -2.30. The van der Waals surface area contributed by atoms with Crippen molar-refractivity contribution in [1.29, 1.82) is 0 Å². The van der Waals surface area contributed by atoms with Gasteiger partial charge in [0.05, 0.1) is 18.7 Å². The molecule has 25 heavy (non-hydrogen) atoms. The maximum absolute atomic E-state index is 13.5. The Balaban J connectivity index is 1.79. The molecule has 0 spiro atoms. The molecule has 1 fully saturated rings. The van der Waals surface area contributed by atoms with Crippen molar-refractivity contribution in [2.24, 2.45) is 4.99 Å². The van der Waals surface area contributed by atoms with Gasteiger partial charge in [-0.3, -0.25) is 4.99 Å². The molecule has 0 atom stereocenters. The van der Waals surface area contributed by atoms with Crippen LogP contribution in [0.25, 0.3) is 0 Å². The van der Waals surface area contributed by atoms with E-state index < -0.39 is 17.2 Å². The van der Waals surface area contributed by atoms with Gasteiger partial charge in [-0.25, -0.2) is 8.78 Å². The van der Waals surface area contributed by atoms with Gasteiger partial charge in [-0.2, -0.15) is 0 Å². The van der Waals surface area contributed by atoms with E-state index in [1.165, 1.54) is 6.07 Å². The van der Waals surface area contributed by atoms with E-state index in [2.05, 4.69) is 15.6 Å². The van der Waals surface area contributed by atoms with Crippen LogP contribution in [0, 0.1) is 11.6 Å². The first-order valence-corrected chi connectivity index (χ1v) is 8.42. The normalized spacial score (nSPS) is 17.2. The molecule has 0 unspecified atom stereocenters. The Morgan fingerprint density at radius 3 is 2.76 bits per heavy atom. The fraction of sp³-hybridized carbons (Fsp3) is 0.588. The molecule has 3 N–H and O–H groups in total. The van der Waals surface area contributed by atoms with Gasteiger partial charge in [-0.05, 0) is 19.1 Å². The quantitative estimate of drug-likeness (QED) is 0.391. The fourth-order valence-electron chi connectivity index (χ4n) is 2.40. The van der Waals surface area contributed by atoms with Crippen molar-refractivity contribution in [2.45, 2.75) is 25.4 Å². The Hall–Kier alpha value is -1.93. The van der Waals surface area contributed by atoms with Gasteiger partial charge in [-0.15, -0.1) is 0 Å². The third-order valence-corrected chi connectivity index (χ3v) is 3.85. The van der Waals surface area contributed by atoms with Crippen LogP contribution in [-0.2, 0) is 4.74 Å². The number of nitrogens with zero attached hydrogens (tertiary/aromatic N) is 1. The fourth-order valence-corrected chi connectivity index (χ4v) is 2.40. The van der Waals surface area contributed by atoms with Crippen LogP contribution in [0.4, 0.5) is 8.78 Å². The standard InChI is InChI=1S/C17H25F2N3O3/c1-2-20-16(22-12-17(23)5-8-24-9-6-17)21-7-10-25-15-4-3-13(18)11-14(15)19/h3-4,11,23H,2,5-10,12H2,1H3,(H2,20,21,22). The van der Waals surface area contributed by atoms with Gasteiger partial charge in [0.25, 0.3) is 0 Å². The highest BCUT2D eigenvalue weighted by Crippen LogP contribution is 2.20. The minimum atomic E-state index is -0.839. The Labute approximate surface area is 146 Å². The van der Waals surface area contributed by atoms with E-state index in [1.54, 1.807) is 0 Å². The predicted molar refractivity (Wildman–Crippen MR) is 90.8 cm³/mol. The zero-order valence-corrected chi connectivity index (χ0v) is 14.4. The lowest BCUT2D eigenvalue weighted by atomic mass is 9.95. The van der Waals surface area contributed by atoms with Gasteiger partial charge in [0.2, 0.25) is 0 Å². The number of rotatable bonds is 7. The highest BCUT2D eigenvalue weighted by atomic mass is 19.1. The molecular weight excluding hydrogens is 332 g/mol. The van der Waals surface area contributed by atoms with Crippen LogP contribution in [-0.4, -0.2) is 56.1 Å². The van der Waals surface area contributed by atoms with Crippen molar-refractivity contribution in [2.75, 3.05) is 39.5 Å². The Morgan fingerprint density at radius 1 is 1.32 bits per heavy atom. The van der Waals surface area contributed by atoms with E-state index in [0.29, 0.717) is 45.1 Å². The summed E-state index contributed by atoms with van der Waals surface area (Å²) in [4.78, 5) is 4.39. The third-order valence-electron chi connectivity index (χ3n) is 3.85. The van der Waals surface area contributed by atoms with Gasteiger partial charge in [0, 0.05) is 38.7 Å². The second kappa shape index (κ2) is 9.53. The highest BCUT2D eigenvalue weighted by Gasteiger charge is 2.29. The zero-order chi connectivity index (χ0) is 18.1. The smallest absolute Gasteiger partial charge is 0.191 e. The molecule has 6 nitrogen and oxygen atoms in total. The summed E-state index contributed by atoms with van der Waals surface area (Å²) in [5.41, 5.74) is -0.839. The SMILES string of the molecule is CCNC(=NCC1(O)CCOCC1)NCCOc1ccc(F)cc1F. The molecule has 140 valence electrons. The molecule has 0 saturated carbocycles. The number of benzene rings is 1. The highest BCUT2D eigenvalue weighted by molar-refractivity contribution is 5.79. The average Bonchev–Trinajstić information content (AvgIpc) is 2.58. The van der Waals surface area contributed by atoms with Crippen LogP contribution in [0.2, 0.25) is 0 Å². The number of hydrogen-bond acceptors (Lipinski definition) is 4. The number of halogens is 2. The summed E-state index contributed by atoms with van der Waals surface area (Å²) in [7, 11) is 0. The first-order valence-electron chi connectivity index (χ1n) is 8.42. The summed E-state index contributed by atoms with van der Waals surface area (Å²) in [5.74, 6) is -0.829. The first-order chi connectivity index (χ1) is 12.0. The Kier molecular flexibility index (Phi) is 7.39. The summed E-state index contributed by atoms with van der Waals surface area (Å²) in [6, 6.07) is 3.18. The van der Waals surface area contributed by atoms with Gasteiger partial charge >= 0.3 is 0 Å². The molecule has 1 aliphatic rings. The van der Waals surface area contributed by atoms with Gasteiger partial charge < -0.3 is 25.2 Å². The summed E-state index contributed by atoms with van der Waals surface area (Å²) < 4.78 is 36.8. The average molecular weight is 357 g/mol. The second-order valence-electron chi connectivity index (χ2n) is 5.88. The Morgan fingerprint density at radius 2 is 2.08 bits per heavy atom. The van der Waals surface area contributed by atoms with Crippen LogP contribution in [0.15, 0.2) is 23.2 Å². The maximum atomic E-state index is 13.5. The number of aliphatic imine (C=N–C) groups is 1. The minimum absolute atomic E-state index is 0.00153. The minimum Gasteiger partial charge on any atom is -0.489 e. The van der Waals surface area contributed by atoms with Gasteiger partial charge in [-0.1, -0.05) is 0 Å². The monoisotopic (exact) mass is 357 g/mol. The summed E-state index contributed by atoms with van der Waals surface area (Å²) >= 11 is 0. The van der Waals surface area contributed by atoms with Gasteiger partial charge in [0.1, 0.15) is 12.4 Å². The molecule has 0 radical (unpaired) electrons. The van der Waals surface area contributed by atoms with E-state index in [0.717, 1.165) is 12.1 Å². The van der Waals surface area contributed by atoms with E-state index in [4.69, 9.17) is 9.47 Å². The zero-order valence-electron chi connectivity index (χ0n) is 14.4. The molecule has 8 heteroatoms. The van der Waals surface area contributed by atoms with Crippen molar-refractivity contribution in [1.82, 2.24) is 10.6 Å². The van der Waals surface area contributed by atoms with E-state index in [9.17, 15) is 13.9 Å². The van der Waals surface area contributed by atoms with Crippen molar-refractivity contribution < 1.29 is 23.4 Å². The molecule has 1 aliphatic heterocycles. The van der Waals surface area contributed by atoms with Crippen molar-refractivity contribution >= 4 is 5.96 Å². The lowest BCUT2D eigenvalue weighted by molar-refractivity contribution is -0.0565. The second-order valence-corrected chi connectivity index (χ2v) is 5.88. The number of ether oxygens (including phenoxy) is 2. The van der Waals surface area contributed by atoms with E-state index in [-0.39, 0.29) is 18.9 Å². The molecule has 0 aromatic heterocycles. The number of hydrogen-bond donors (Lipinski definition) is 3. The molecule has 2 rings (SSSR count). The summed E-state index contributed by atoms with van der Waals surface area (Å²) in [5, 5.41) is 16.5. The largest absolute Gasteiger partial charge is 0.489 e. The third kappa shape index (κ3) is 6.47. The van der Waals surface area contributed by atoms with E-state index in [1.807, 2.05) is 6.92 Å². The van der Waals surface area contributed by atoms with Gasteiger partial charge in [0.15, 0.2) is 17.5 Å². The number of aliphatic hydroxyl groups is 1. The Bertz CT molecular complexity index is 578. The number of guanidine groups is 1. The van der Waals surface area contributed by atoms with Crippen LogP contribution in [0.1, 0.15) is 19.8 Å². The van der Waals surface area contributed by atoms with Crippen LogP contribution < -0.4 is 15.4 Å². The molecule has 0 aliphatic carbocycles.